The molecule has 0 aliphatic carbocycles. The van der Waals surface area contributed by atoms with Crippen LogP contribution in [0.4, 0.5) is 0 Å². The predicted molar refractivity (Wildman–Crippen MR) is 105 cm³/mol. The minimum absolute atomic E-state index is 0.183. The fourth-order valence-electron chi connectivity index (χ4n) is 2.22. The summed E-state index contributed by atoms with van der Waals surface area (Å²) in [6, 6.07) is 10.7. The van der Waals surface area contributed by atoms with Crippen LogP contribution in [-0.2, 0) is 4.79 Å². The zero-order chi connectivity index (χ0) is 18.9. The standard InChI is InChI=1S/C19H20Cl2N2O3/c1-13-10-14(5-7-17(13)25-2)12-22-23-19(24)4-3-9-26-18-8-6-15(20)11-16(18)21/h5-8,10-12H,3-4,9H2,1-2H3,(H,23,24)/b22-12+. The van der Waals surface area contributed by atoms with Crippen LogP contribution in [0.2, 0.25) is 10.0 Å². The molecule has 0 saturated heterocycles. The van der Waals surface area contributed by atoms with Gasteiger partial charge in [0.1, 0.15) is 11.5 Å². The maximum absolute atomic E-state index is 11.8. The van der Waals surface area contributed by atoms with E-state index in [-0.39, 0.29) is 5.91 Å². The molecule has 0 unspecified atom stereocenters. The highest BCUT2D eigenvalue weighted by molar-refractivity contribution is 6.35. The molecule has 1 amide bonds. The number of hydrazone groups is 1. The summed E-state index contributed by atoms with van der Waals surface area (Å²) in [7, 11) is 1.63. The fourth-order valence-corrected chi connectivity index (χ4v) is 2.69. The first-order chi connectivity index (χ1) is 12.5. The molecule has 2 aromatic carbocycles. The van der Waals surface area contributed by atoms with Gasteiger partial charge < -0.3 is 9.47 Å². The van der Waals surface area contributed by atoms with E-state index in [0.717, 1.165) is 16.9 Å². The number of methoxy groups -OCH3 is 1. The molecule has 138 valence electrons. The molecule has 0 fully saturated rings. The van der Waals surface area contributed by atoms with Gasteiger partial charge in [-0.15, -0.1) is 0 Å². The van der Waals surface area contributed by atoms with E-state index >= 15 is 0 Å². The molecule has 0 saturated carbocycles. The molecule has 2 aromatic rings. The quantitative estimate of drug-likeness (QED) is 0.403. The number of aryl methyl sites for hydroxylation is 1. The number of nitrogens with zero attached hydrogens (tertiary/aromatic N) is 1. The predicted octanol–water partition coefficient (Wildman–Crippen LogP) is 4.62. The van der Waals surface area contributed by atoms with Gasteiger partial charge in [-0.25, -0.2) is 5.43 Å². The first-order valence-electron chi connectivity index (χ1n) is 8.04. The number of amides is 1. The smallest absolute Gasteiger partial charge is 0.240 e. The Morgan fingerprint density at radius 1 is 1.19 bits per heavy atom. The molecule has 7 heteroatoms. The van der Waals surface area contributed by atoms with Gasteiger partial charge in [0, 0.05) is 11.4 Å². The zero-order valence-corrected chi connectivity index (χ0v) is 16.1. The lowest BCUT2D eigenvalue weighted by Crippen LogP contribution is -2.18. The third-order valence-corrected chi connectivity index (χ3v) is 4.05. The molecular formula is C19H20Cl2N2O3. The first kappa shape index (κ1) is 20.1. The van der Waals surface area contributed by atoms with Crippen LogP contribution in [0.25, 0.3) is 0 Å². The molecule has 0 bridgehead atoms. The van der Waals surface area contributed by atoms with Crippen molar-refractivity contribution in [3.05, 3.63) is 57.6 Å². The Morgan fingerprint density at radius 2 is 1.96 bits per heavy atom. The van der Waals surface area contributed by atoms with E-state index in [2.05, 4.69) is 10.5 Å². The van der Waals surface area contributed by atoms with Gasteiger partial charge in [0.15, 0.2) is 0 Å². The molecule has 0 aliphatic heterocycles. The van der Waals surface area contributed by atoms with Crippen LogP contribution in [0.1, 0.15) is 24.0 Å². The summed E-state index contributed by atoms with van der Waals surface area (Å²) in [6.45, 7) is 2.32. The van der Waals surface area contributed by atoms with Crippen molar-refractivity contribution in [3.63, 3.8) is 0 Å². The molecule has 0 aromatic heterocycles. The van der Waals surface area contributed by atoms with Gasteiger partial charge in [-0.3, -0.25) is 4.79 Å². The van der Waals surface area contributed by atoms with E-state index in [0.29, 0.717) is 35.2 Å². The summed E-state index contributed by atoms with van der Waals surface area (Å²) in [5, 5.41) is 4.95. The molecule has 0 spiro atoms. The first-order valence-corrected chi connectivity index (χ1v) is 8.79. The topological polar surface area (TPSA) is 59.9 Å². The number of benzene rings is 2. The molecule has 0 atom stereocenters. The Morgan fingerprint density at radius 3 is 2.65 bits per heavy atom. The van der Waals surface area contributed by atoms with Crippen molar-refractivity contribution in [2.75, 3.05) is 13.7 Å². The van der Waals surface area contributed by atoms with Gasteiger partial charge in [0.25, 0.3) is 0 Å². The van der Waals surface area contributed by atoms with Crippen LogP contribution in [0, 0.1) is 6.92 Å². The van der Waals surface area contributed by atoms with E-state index < -0.39 is 0 Å². The second-order valence-corrected chi connectivity index (χ2v) is 6.39. The summed E-state index contributed by atoms with van der Waals surface area (Å²) >= 11 is 11.8. The average Bonchev–Trinajstić information content (AvgIpc) is 2.60. The van der Waals surface area contributed by atoms with E-state index in [4.69, 9.17) is 32.7 Å². The second kappa shape index (κ2) is 10.0. The fraction of sp³-hybridized carbons (Fsp3) is 0.263. The van der Waals surface area contributed by atoms with Crippen molar-refractivity contribution in [1.29, 1.82) is 0 Å². The lowest BCUT2D eigenvalue weighted by molar-refractivity contribution is -0.121. The van der Waals surface area contributed by atoms with E-state index in [1.807, 2.05) is 25.1 Å². The minimum atomic E-state index is -0.183. The van der Waals surface area contributed by atoms with Crippen LogP contribution < -0.4 is 14.9 Å². The molecule has 26 heavy (non-hydrogen) atoms. The molecule has 0 heterocycles. The molecular weight excluding hydrogens is 375 g/mol. The molecule has 2 rings (SSSR count). The van der Waals surface area contributed by atoms with Crippen molar-refractivity contribution in [2.45, 2.75) is 19.8 Å². The Kier molecular flexibility index (Phi) is 7.75. The normalized spacial score (nSPS) is 10.8. The molecule has 0 aliphatic rings. The Hall–Kier alpha value is -2.24. The van der Waals surface area contributed by atoms with Crippen LogP contribution >= 0.6 is 23.2 Å². The molecule has 1 N–H and O–H groups in total. The number of carbonyl (C=O) groups is 1. The number of halogens is 2. The maximum atomic E-state index is 11.8. The SMILES string of the molecule is COc1ccc(/C=N/NC(=O)CCCOc2ccc(Cl)cc2Cl)cc1C. The Labute approximate surface area is 162 Å². The van der Waals surface area contributed by atoms with Crippen molar-refractivity contribution in [1.82, 2.24) is 5.43 Å². The Bertz CT molecular complexity index is 794. The second-order valence-electron chi connectivity index (χ2n) is 5.55. The van der Waals surface area contributed by atoms with Crippen molar-refractivity contribution in [3.8, 4) is 11.5 Å². The number of hydrogen-bond acceptors (Lipinski definition) is 4. The van der Waals surface area contributed by atoms with Crippen molar-refractivity contribution < 1.29 is 14.3 Å². The van der Waals surface area contributed by atoms with Crippen molar-refractivity contribution in [2.24, 2.45) is 5.10 Å². The maximum Gasteiger partial charge on any atom is 0.240 e. The summed E-state index contributed by atoms with van der Waals surface area (Å²) in [4.78, 5) is 11.8. The van der Waals surface area contributed by atoms with Gasteiger partial charge >= 0.3 is 0 Å². The molecule has 0 radical (unpaired) electrons. The number of hydrogen-bond donors (Lipinski definition) is 1. The minimum Gasteiger partial charge on any atom is -0.496 e. The van der Waals surface area contributed by atoms with E-state index in [1.54, 1.807) is 31.5 Å². The van der Waals surface area contributed by atoms with Crippen molar-refractivity contribution >= 4 is 35.3 Å². The summed E-state index contributed by atoms with van der Waals surface area (Å²) in [5.74, 6) is 1.17. The van der Waals surface area contributed by atoms with Crippen LogP contribution in [0.3, 0.4) is 0 Å². The third kappa shape index (κ3) is 6.24. The van der Waals surface area contributed by atoms with Gasteiger partial charge in [-0.2, -0.15) is 5.10 Å². The van der Waals surface area contributed by atoms with Gasteiger partial charge in [0.2, 0.25) is 5.91 Å². The Balaban J connectivity index is 1.71. The van der Waals surface area contributed by atoms with Gasteiger partial charge in [-0.1, -0.05) is 23.2 Å². The summed E-state index contributed by atoms with van der Waals surface area (Å²) in [6.07, 6.45) is 2.43. The number of nitrogens with one attached hydrogen (secondary N) is 1. The summed E-state index contributed by atoms with van der Waals surface area (Å²) in [5.41, 5.74) is 4.38. The van der Waals surface area contributed by atoms with Crippen LogP contribution in [0.5, 0.6) is 11.5 Å². The van der Waals surface area contributed by atoms with Crippen LogP contribution in [0.15, 0.2) is 41.5 Å². The summed E-state index contributed by atoms with van der Waals surface area (Å²) < 4.78 is 10.7. The third-order valence-electron chi connectivity index (χ3n) is 3.52. The zero-order valence-electron chi connectivity index (χ0n) is 14.6. The van der Waals surface area contributed by atoms with Gasteiger partial charge in [0.05, 0.1) is 25.0 Å². The van der Waals surface area contributed by atoms with E-state index in [9.17, 15) is 4.79 Å². The highest BCUT2D eigenvalue weighted by Crippen LogP contribution is 2.27. The number of ether oxygens (including phenoxy) is 2. The van der Waals surface area contributed by atoms with Gasteiger partial charge in [-0.05, 0) is 60.9 Å². The highest BCUT2D eigenvalue weighted by atomic mass is 35.5. The largest absolute Gasteiger partial charge is 0.496 e. The highest BCUT2D eigenvalue weighted by Gasteiger charge is 2.04. The van der Waals surface area contributed by atoms with Crippen LogP contribution in [-0.4, -0.2) is 25.8 Å². The monoisotopic (exact) mass is 394 g/mol. The lowest BCUT2D eigenvalue weighted by Gasteiger charge is -2.07. The van der Waals surface area contributed by atoms with E-state index in [1.165, 1.54) is 0 Å². The number of rotatable bonds is 8. The molecule has 5 nitrogen and oxygen atoms in total. The lowest BCUT2D eigenvalue weighted by atomic mass is 10.1. The number of carbonyl (C=O) groups excluding carboxylic acids is 1. The average molecular weight is 395 g/mol.